The summed E-state index contributed by atoms with van der Waals surface area (Å²) in [6.07, 6.45) is 0. The van der Waals surface area contributed by atoms with E-state index in [4.69, 9.17) is 9.15 Å². The molecular weight excluding hydrogens is 404 g/mol. The van der Waals surface area contributed by atoms with Crippen LogP contribution in [0.3, 0.4) is 0 Å². The number of amides is 1. The lowest BCUT2D eigenvalue weighted by molar-refractivity contribution is 0.0710. The molecular formula is C26H24N2O4. The highest BCUT2D eigenvalue weighted by Gasteiger charge is 2.24. The molecule has 3 aromatic carbocycles. The number of nitrogens with zero attached hydrogens (tertiary/aromatic N) is 2. The quantitative estimate of drug-likeness (QED) is 0.500. The van der Waals surface area contributed by atoms with Crippen LogP contribution in [-0.2, 0) is 6.61 Å². The van der Waals surface area contributed by atoms with Gasteiger partial charge in [-0.2, -0.15) is 0 Å². The number of piperazine rings is 1. The van der Waals surface area contributed by atoms with E-state index in [0.29, 0.717) is 37.7 Å². The molecule has 1 fully saturated rings. The molecule has 2 heterocycles. The number of hydrogen-bond donors (Lipinski definition) is 1. The second kappa shape index (κ2) is 8.67. The molecule has 0 bridgehead atoms. The Morgan fingerprint density at radius 3 is 2.50 bits per heavy atom. The molecule has 1 N–H and O–H groups in total. The Bertz CT molecular complexity index is 1240. The minimum absolute atomic E-state index is 0.113. The zero-order chi connectivity index (χ0) is 21.9. The monoisotopic (exact) mass is 428 g/mol. The van der Waals surface area contributed by atoms with E-state index in [1.165, 1.54) is 0 Å². The maximum Gasteiger partial charge on any atom is 0.289 e. The minimum atomic E-state index is -0.113. The standard InChI is InChI=1S/C26H24N2O4/c29-22-7-3-6-21(17-22)27-12-14-28(15-13-27)26(30)25-11-10-24(32-25)18-31-23-9-8-19-4-1-2-5-20(19)16-23/h1-11,16-17,29H,12-15,18H2. The number of fused-ring (bicyclic) bond motifs is 1. The molecule has 0 saturated carbocycles. The number of aromatic hydroxyl groups is 1. The first-order chi connectivity index (χ1) is 15.7. The summed E-state index contributed by atoms with van der Waals surface area (Å²) in [4.78, 5) is 16.8. The number of hydrogen-bond acceptors (Lipinski definition) is 5. The van der Waals surface area contributed by atoms with Crippen molar-refractivity contribution in [2.75, 3.05) is 31.1 Å². The first kappa shape index (κ1) is 20.0. The fourth-order valence-corrected chi connectivity index (χ4v) is 4.00. The van der Waals surface area contributed by atoms with Gasteiger partial charge in [-0.15, -0.1) is 0 Å². The van der Waals surface area contributed by atoms with Crippen molar-refractivity contribution in [3.05, 3.63) is 90.4 Å². The number of phenols is 1. The van der Waals surface area contributed by atoms with E-state index in [2.05, 4.69) is 11.0 Å². The van der Waals surface area contributed by atoms with Crippen LogP contribution in [0.5, 0.6) is 11.5 Å². The predicted molar refractivity (Wildman–Crippen MR) is 123 cm³/mol. The van der Waals surface area contributed by atoms with Crippen molar-refractivity contribution >= 4 is 22.4 Å². The zero-order valence-electron chi connectivity index (χ0n) is 17.6. The lowest BCUT2D eigenvalue weighted by Crippen LogP contribution is -2.48. The summed E-state index contributed by atoms with van der Waals surface area (Å²) in [6.45, 7) is 2.86. The van der Waals surface area contributed by atoms with Gasteiger partial charge in [-0.25, -0.2) is 0 Å². The Balaban J connectivity index is 1.17. The van der Waals surface area contributed by atoms with Gasteiger partial charge >= 0.3 is 0 Å². The summed E-state index contributed by atoms with van der Waals surface area (Å²) in [7, 11) is 0. The molecule has 6 nitrogen and oxygen atoms in total. The third-order valence-corrected chi connectivity index (χ3v) is 5.74. The van der Waals surface area contributed by atoms with Crippen molar-refractivity contribution in [1.82, 2.24) is 4.90 Å². The number of phenolic OH excluding ortho intramolecular Hbond substituents is 1. The number of furan rings is 1. The first-order valence-corrected chi connectivity index (χ1v) is 10.7. The van der Waals surface area contributed by atoms with Gasteiger partial charge in [-0.3, -0.25) is 4.79 Å². The van der Waals surface area contributed by atoms with E-state index in [-0.39, 0.29) is 18.3 Å². The molecule has 1 amide bonds. The molecule has 0 radical (unpaired) electrons. The normalized spacial score (nSPS) is 14.0. The Morgan fingerprint density at radius 2 is 1.69 bits per heavy atom. The van der Waals surface area contributed by atoms with Crippen LogP contribution in [0.15, 0.2) is 83.3 Å². The maximum atomic E-state index is 12.9. The van der Waals surface area contributed by atoms with Crippen LogP contribution >= 0.6 is 0 Å². The van der Waals surface area contributed by atoms with Gasteiger partial charge in [0, 0.05) is 37.9 Å². The van der Waals surface area contributed by atoms with Crippen molar-refractivity contribution < 1.29 is 19.1 Å². The summed E-state index contributed by atoms with van der Waals surface area (Å²) in [5.41, 5.74) is 0.961. The van der Waals surface area contributed by atoms with Gasteiger partial charge in [0.05, 0.1) is 0 Å². The lowest BCUT2D eigenvalue weighted by Gasteiger charge is -2.35. The number of rotatable bonds is 5. The van der Waals surface area contributed by atoms with Gasteiger partial charge < -0.3 is 24.1 Å². The highest BCUT2D eigenvalue weighted by atomic mass is 16.5. The largest absolute Gasteiger partial charge is 0.508 e. The van der Waals surface area contributed by atoms with Crippen molar-refractivity contribution in [3.8, 4) is 11.5 Å². The molecule has 162 valence electrons. The Hall–Kier alpha value is -3.93. The highest BCUT2D eigenvalue weighted by Crippen LogP contribution is 2.23. The molecule has 0 unspecified atom stereocenters. The second-order valence-electron chi connectivity index (χ2n) is 7.86. The summed E-state index contributed by atoms with van der Waals surface area (Å²) >= 11 is 0. The minimum Gasteiger partial charge on any atom is -0.508 e. The van der Waals surface area contributed by atoms with Crippen LogP contribution in [-0.4, -0.2) is 42.1 Å². The maximum absolute atomic E-state index is 12.9. The van der Waals surface area contributed by atoms with Gasteiger partial charge in [-0.05, 0) is 47.2 Å². The van der Waals surface area contributed by atoms with Crippen molar-refractivity contribution in [1.29, 1.82) is 0 Å². The van der Waals surface area contributed by atoms with E-state index in [9.17, 15) is 9.90 Å². The van der Waals surface area contributed by atoms with Crippen LogP contribution in [0.2, 0.25) is 0 Å². The summed E-state index contributed by atoms with van der Waals surface area (Å²) < 4.78 is 11.6. The summed E-state index contributed by atoms with van der Waals surface area (Å²) in [6, 6.07) is 24.8. The number of anilines is 1. The van der Waals surface area contributed by atoms with Gasteiger partial charge in [-0.1, -0.05) is 36.4 Å². The van der Waals surface area contributed by atoms with Crippen LogP contribution in [0, 0.1) is 0 Å². The smallest absolute Gasteiger partial charge is 0.289 e. The number of ether oxygens (including phenoxy) is 1. The fourth-order valence-electron chi connectivity index (χ4n) is 4.00. The van der Waals surface area contributed by atoms with Crippen LogP contribution < -0.4 is 9.64 Å². The lowest BCUT2D eigenvalue weighted by atomic mass is 10.1. The van der Waals surface area contributed by atoms with Gasteiger partial charge in [0.2, 0.25) is 0 Å². The van der Waals surface area contributed by atoms with Crippen molar-refractivity contribution in [2.45, 2.75) is 6.61 Å². The van der Waals surface area contributed by atoms with E-state index in [1.807, 2.05) is 48.5 Å². The molecule has 6 heteroatoms. The highest BCUT2D eigenvalue weighted by molar-refractivity contribution is 5.91. The number of benzene rings is 3. The van der Waals surface area contributed by atoms with E-state index < -0.39 is 0 Å². The zero-order valence-corrected chi connectivity index (χ0v) is 17.6. The molecule has 4 aromatic rings. The van der Waals surface area contributed by atoms with Crippen LogP contribution in [0.1, 0.15) is 16.3 Å². The van der Waals surface area contributed by atoms with Crippen molar-refractivity contribution in [2.24, 2.45) is 0 Å². The summed E-state index contributed by atoms with van der Waals surface area (Å²) in [5.74, 6) is 1.83. The topological polar surface area (TPSA) is 66.2 Å². The molecule has 1 saturated heterocycles. The molecule has 32 heavy (non-hydrogen) atoms. The first-order valence-electron chi connectivity index (χ1n) is 10.7. The average molecular weight is 428 g/mol. The Morgan fingerprint density at radius 1 is 0.875 bits per heavy atom. The number of carbonyl (C=O) groups is 1. The SMILES string of the molecule is O=C(c1ccc(COc2ccc3ccccc3c2)o1)N1CCN(c2cccc(O)c2)CC1. The van der Waals surface area contributed by atoms with Crippen LogP contribution in [0.25, 0.3) is 10.8 Å². The third-order valence-electron chi connectivity index (χ3n) is 5.74. The van der Waals surface area contributed by atoms with Crippen molar-refractivity contribution in [3.63, 3.8) is 0 Å². The molecule has 1 aliphatic heterocycles. The molecule has 1 aliphatic rings. The fraction of sp³-hybridized carbons (Fsp3) is 0.192. The molecule has 0 atom stereocenters. The summed E-state index contributed by atoms with van der Waals surface area (Å²) in [5, 5.41) is 12.0. The van der Waals surface area contributed by atoms with E-state index in [1.54, 1.807) is 29.2 Å². The Kier molecular flexibility index (Phi) is 5.42. The average Bonchev–Trinajstić information content (AvgIpc) is 3.31. The number of carbonyl (C=O) groups excluding carboxylic acids is 1. The molecule has 0 aliphatic carbocycles. The van der Waals surface area contributed by atoms with E-state index in [0.717, 1.165) is 22.2 Å². The van der Waals surface area contributed by atoms with E-state index >= 15 is 0 Å². The molecule has 5 rings (SSSR count). The molecule has 0 spiro atoms. The predicted octanol–water partition coefficient (Wildman–Crippen LogP) is 4.68. The second-order valence-corrected chi connectivity index (χ2v) is 7.86. The van der Waals surface area contributed by atoms with Crippen LogP contribution in [0.4, 0.5) is 5.69 Å². The van der Waals surface area contributed by atoms with Gasteiger partial charge in [0.1, 0.15) is 23.9 Å². The molecule has 1 aromatic heterocycles. The Labute approximate surface area is 186 Å². The third kappa shape index (κ3) is 4.25. The van der Waals surface area contributed by atoms with Gasteiger partial charge in [0.25, 0.3) is 5.91 Å². The van der Waals surface area contributed by atoms with Gasteiger partial charge in [0.15, 0.2) is 5.76 Å².